The van der Waals surface area contributed by atoms with E-state index in [-0.39, 0.29) is 22.8 Å². The predicted molar refractivity (Wildman–Crippen MR) is 43.6 cm³/mol. The van der Waals surface area contributed by atoms with Gasteiger partial charge in [0.25, 0.3) is 5.69 Å². The Morgan fingerprint density at radius 1 is 1.33 bits per heavy atom. The van der Waals surface area contributed by atoms with Crippen LogP contribution in [0.2, 0.25) is 0 Å². The van der Waals surface area contributed by atoms with Crippen molar-refractivity contribution in [3.8, 4) is 6.07 Å². The summed E-state index contributed by atoms with van der Waals surface area (Å²) in [6, 6.07) is 7.31. The summed E-state index contributed by atoms with van der Waals surface area (Å²) >= 11 is 0. The van der Waals surface area contributed by atoms with E-state index < -0.39 is 4.92 Å². The monoisotopic (exact) mass is 228 g/mol. The van der Waals surface area contributed by atoms with Crippen molar-refractivity contribution in [1.82, 2.24) is 0 Å². The fourth-order valence-corrected chi connectivity index (χ4v) is 0.658. The molecule has 1 aromatic rings. The Labute approximate surface area is 79.4 Å². The van der Waals surface area contributed by atoms with Crippen molar-refractivity contribution < 1.29 is 4.92 Å². The Balaban J connectivity index is 0.00000121. The van der Waals surface area contributed by atoms with Gasteiger partial charge in [0, 0.05) is 29.2 Å². The van der Waals surface area contributed by atoms with E-state index in [4.69, 9.17) is 5.26 Å². The van der Waals surface area contributed by atoms with Crippen molar-refractivity contribution in [3.63, 3.8) is 0 Å². The third-order valence-electron chi connectivity index (χ3n) is 1.21. The van der Waals surface area contributed by atoms with E-state index in [2.05, 4.69) is 0 Å². The van der Waals surface area contributed by atoms with Crippen LogP contribution in [0.4, 0.5) is 5.69 Å². The largest absolute Gasteiger partial charge is 0.269 e. The summed E-state index contributed by atoms with van der Waals surface area (Å²) in [5.41, 5.74) is 0.430. The molecule has 1 aromatic carbocycles. The molecule has 0 aliphatic rings. The molecule has 2 radical (unpaired) electrons. The van der Waals surface area contributed by atoms with E-state index >= 15 is 0 Å². The van der Waals surface area contributed by atoms with Crippen molar-refractivity contribution in [1.29, 1.82) is 5.26 Å². The van der Waals surface area contributed by atoms with E-state index in [1.165, 1.54) is 24.3 Å². The molecule has 0 saturated carbocycles. The van der Waals surface area contributed by atoms with Crippen molar-refractivity contribution >= 4 is 22.8 Å². The van der Waals surface area contributed by atoms with Gasteiger partial charge in [-0.05, 0) is 12.1 Å². The SMILES string of the molecule is N#Cc1ccc([N+](=O)[O-])cc1.[Se]. The minimum atomic E-state index is -0.499. The molecule has 60 valence electrons. The molecule has 0 spiro atoms. The van der Waals surface area contributed by atoms with Gasteiger partial charge in [0.1, 0.15) is 0 Å². The van der Waals surface area contributed by atoms with Crippen molar-refractivity contribution in [2.45, 2.75) is 0 Å². The average Bonchev–Trinajstić information content (AvgIpc) is 2.05. The summed E-state index contributed by atoms with van der Waals surface area (Å²) in [6.45, 7) is 0. The fraction of sp³-hybridized carbons (Fsp3) is 0. The molecular weight excluding hydrogens is 223 g/mol. The van der Waals surface area contributed by atoms with Crippen molar-refractivity contribution in [3.05, 3.63) is 39.9 Å². The second-order valence-corrected chi connectivity index (χ2v) is 1.92. The quantitative estimate of drug-likeness (QED) is 0.409. The summed E-state index contributed by atoms with van der Waals surface area (Å²) in [4.78, 5) is 9.62. The number of non-ortho nitro benzene ring substituents is 1. The van der Waals surface area contributed by atoms with E-state index in [0.717, 1.165) is 0 Å². The number of hydrogen-bond acceptors (Lipinski definition) is 3. The molecule has 0 fully saturated rings. The van der Waals surface area contributed by atoms with Gasteiger partial charge in [-0.3, -0.25) is 10.1 Å². The third-order valence-corrected chi connectivity index (χ3v) is 1.21. The van der Waals surface area contributed by atoms with Gasteiger partial charge in [0.15, 0.2) is 0 Å². The molecule has 5 heteroatoms. The Morgan fingerprint density at radius 3 is 2.17 bits per heavy atom. The topological polar surface area (TPSA) is 66.9 Å². The zero-order valence-corrected chi connectivity index (χ0v) is 7.64. The van der Waals surface area contributed by atoms with Crippen LogP contribution in [-0.2, 0) is 0 Å². The van der Waals surface area contributed by atoms with Gasteiger partial charge in [0.2, 0.25) is 0 Å². The van der Waals surface area contributed by atoms with E-state index in [0.29, 0.717) is 5.56 Å². The second kappa shape index (κ2) is 4.50. The summed E-state index contributed by atoms with van der Waals surface area (Å²) in [6.07, 6.45) is 0. The molecule has 4 nitrogen and oxygen atoms in total. The van der Waals surface area contributed by atoms with Crippen LogP contribution in [0.3, 0.4) is 0 Å². The fourth-order valence-electron chi connectivity index (χ4n) is 0.658. The summed E-state index contributed by atoms with van der Waals surface area (Å²) < 4.78 is 0. The Morgan fingerprint density at radius 2 is 1.83 bits per heavy atom. The molecule has 0 heterocycles. The predicted octanol–water partition coefficient (Wildman–Crippen LogP) is 1.09. The first-order chi connectivity index (χ1) is 5.24. The van der Waals surface area contributed by atoms with Gasteiger partial charge >= 0.3 is 0 Å². The molecular formula is C7H4N2O2Se. The standard InChI is InChI=1S/C7H4N2O2.Se/c8-5-6-1-3-7(4-2-6)9(10)11;/h1-4H;. The molecule has 0 aliphatic carbocycles. The van der Waals surface area contributed by atoms with Gasteiger partial charge < -0.3 is 0 Å². The van der Waals surface area contributed by atoms with Gasteiger partial charge in [0.05, 0.1) is 16.6 Å². The number of rotatable bonds is 1. The molecule has 1 rings (SSSR count). The van der Waals surface area contributed by atoms with E-state index in [1.807, 2.05) is 6.07 Å². The minimum absolute atomic E-state index is 0. The first-order valence-corrected chi connectivity index (χ1v) is 2.88. The van der Waals surface area contributed by atoms with Crippen LogP contribution in [0.5, 0.6) is 0 Å². The summed E-state index contributed by atoms with van der Waals surface area (Å²) in [5.74, 6) is 0. The smallest absolute Gasteiger partial charge is 0.258 e. The number of nitro benzene ring substituents is 1. The van der Waals surface area contributed by atoms with Gasteiger partial charge in [-0.1, -0.05) is 0 Å². The average molecular weight is 227 g/mol. The molecule has 0 N–H and O–H groups in total. The molecule has 12 heavy (non-hydrogen) atoms. The number of benzene rings is 1. The molecule has 0 aliphatic heterocycles. The van der Waals surface area contributed by atoms with Crippen LogP contribution in [0, 0.1) is 21.4 Å². The summed E-state index contributed by atoms with van der Waals surface area (Å²) in [7, 11) is 0. The van der Waals surface area contributed by atoms with Crippen LogP contribution in [0.1, 0.15) is 5.56 Å². The number of nitro groups is 1. The van der Waals surface area contributed by atoms with Gasteiger partial charge in [-0.25, -0.2) is 0 Å². The second-order valence-electron chi connectivity index (χ2n) is 1.92. The van der Waals surface area contributed by atoms with Crippen LogP contribution in [0.25, 0.3) is 0 Å². The number of nitrogens with zero attached hydrogens (tertiary/aromatic N) is 2. The van der Waals surface area contributed by atoms with E-state index in [9.17, 15) is 10.1 Å². The number of nitriles is 1. The maximum atomic E-state index is 10.1. The van der Waals surface area contributed by atoms with E-state index in [1.54, 1.807) is 0 Å². The molecule has 0 aromatic heterocycles. The van der Waals surface area contributed by atoms with Crippen LogP contribution in [-0.4, -0.2) is 22.0 Å². The van der Waals surface area contributed by atoms with Crippen LogP contribution >= 0.6 is 0 Å². The zero-order valence-electron chi connectivity index (χ0n) is 5.93. The molecule has 0 bridgehead atoms. The maximum absolute atomic E-state index is 10.1. The molecule has 0 unspecified atom stereocenters. The minimum Gasteiger partial charge on any atom is -0.258 e. The maximum Gasteiger partial charge on any atom is 0.269 e. The first kappa shape index (κ1) is 10.6. The zero-order chi connectivity index (χ0) is 8.27. The number of hydrogen-bond donors (Lipinski definition) is 0. The van der Waals surface area contributed by atoms with Crippen LogP contribution < -0.4 is 0 Å². The Kier molecular flexibility index (Phi) is 3.98. The Hall–Kier alpha value is -1.37. The molecule has 0 saturated heterocycles. The Bertz CT molecular complexity index is 315. The van der Waals surface area contributed by atoms with Crippen molar-refractivity contribution in [2.24, 2.45) is 0 Å². The van der Waals surface area contributed by atoms with Gasteiger partial charge in [-0.15, -0.1) is 0 Å². The molecule has 0 amide bonds. The summed E-state index contributed by atoms with van der Waals surface area (Å²) in [5, 5.41) is 18.5. The van der Waals surface area contributed by atoms with Crippen molar-refractivity contribution in [2.75, 3.05) is 0 Å². The van der Waals surface area contributed by atoms with Gasteiger partial charge in [-0.2, -0.15) is 5.26 Å². The van der Waals surface area contributed by atoms with Crippen LogP contribution in [0.15, 0.2) is 24.3 Å². The third kappa shape index (κ3) is 2.35. The first-order valence-electron chi connectivity index (χ1n) is 2.88. The normalized spacial score (nSPS) is 7.92. The molecule has 0 atom stereocenters.